The number of hydrogen-bond acceptors (Lipinski definition) is 6. The number of halogens is 1. The molecule has 1 fully saturated rings. The van der Waals surface area contributed by atoms with Crippen molar-refractivity contribution in [2.45, 2.75) is 13.0 Å². The highest BCUT2D eigenvalue weighted by Crippen LogP contribution is 2.27. The van der Waals surface area contributed by atoms with E-state index < -0.39 is 27.7 Å². The van der Waals surface area contributed by atoms with Gasteiger partial charge in [0.15, 0.2) is 5.69 Å². The van der Waals surface area contributed by atoms with Crippen LogP contribution in [0.2, 0.25) is 0 Å². The van der Waals surface area contributed by atoms with Crippen LogP contribution in [0.3, 0.4) is 0 Å². The Morgan fingerprint density at radius 1 is 1.22 bits per heavy atom. The van der Waals surface area contributed by atoms with Crippen molar-refractivity contribution in [2.75, 3.05) is 16.6 Å². The molecule has 2 N–H and O–H groups in total. The number of carbonyl (C=O) groups excluding carboxylic acids is 1. The average molecular weight is 394 g/mol. The predicted octanol–water partition coefficient (Wildman–Crippen LogP) is 0.784. The molecule has 1 aromatic carbocycles. The normalized spacial score (nSPS) is 15.5. The van der Waals surface area contributed by atoms with Crippen LogP contribution in [0.15, 0.2) is 30.6 Å². The number of amides is 1. The number of aromatic carboxylic acids is 1. The molecule has 0 radical (unpaired) electrons. The Morgan fingerprint density at radius 3 is 2.48 bits per heavy atom. The molecule has 0 spiro atoms. The first-order valence-electron chi connectivity index (χ1n) is 7.90. The minimum Gasteiger partial charge on any atom is -0.476 e. The fraction of sp³-hybridized carbons (Fsp3) is 0.250. The fourth-order valence-electron chi connectivity index (χ4n) is 2.60. The van der Waals surface area contributed by atoms with Crippen LogP contribution >= 0.6 is 0 Å². The van der Waals surface area contributed by atoms with Crippen molar-refractivity contribution in [1.82, 2.24) is 15.3 Å². The van der Waals surface area contributed by atoms with Gasteiger partial charge in [0.05, 0.1) is 23.8 Å². The van der Waals surface area contributed by atoms with Crippen LogP contribution in [0, 0.1) is 5.82 Å². The smallest absolute Gasteiger partial charge is 0.356 e. The zero-order chi connectivity index (χ0) is 19.6. The number of carboxylic acid groups (broad SMARTS) is 1. The zero-order valence-electron chi connectivity index (χ0n) is 13.9. The van der Waals surface area contributed by atoms with Crippen molar-refractivity contribution in [3.05, 3.63) is 53.4 Å². The van der Waals surface area contributed by atoms with Crippen LogP contribution < -0.4 is 9.62 Å². The zero-order valence-corrected chi connectivity index (χ0v) is 14.7. The molecular weight excluding hydrogens is 379 g/mol. The third-order valence-corrected chi connectivity index (χ3v) is 5.79. The largest absolute Gasteiger partial charge is 0.476 e. The number of aromatic nitrogens is 2. The minimum absolute atomic E-state index is 0.00798. The molecule has 3 rings (SSSR count). The lowest BCUT2D eigenvalue weighted by Gasteiger charge is -2.18. The van der Waals surface area contributed by atoms with Crippen LogP contribution in [0.1, 0.15) is 33.0 Å². The van der Waals surface area contributed by atoms with Gasteiger partial charge in [0.1, 0.15) is 11.5 Å². The summed E-state index contributed by atoms with van der Waals surface area (Å²) in [5.41, 5.74) is 0.0374. The maximum absolute atomic E-state index is 14.3. The molecule has 0 atom stereocenters. The lowest BCUT2D eigenvalue weighted by molar-refractivity contribution is 0.0689. The summed E-state index contributed by atoms with van der Waals surface area (Å²) in [6.45, 7) is 0.214. The molecule has 0 aliphatic carbocycles. The third-order valence-electron chi connectivity index (χ3n) is 3.94. The predicted molar refractivity (Wildman–Crippen MR) is 92.3 cm³/mol. The number of anilines is 1. The first-order chi connectivity index (χ1) is 12.8. The number of hydrogen-bond donors (Lipinski definition) is 2. The van der Waals surface area contributed by atoms with Gasteiger partial charge in [-0.1, -0.05) is 6.07 Å². The van der Waals surface area contributed by atoms with Crippen molar-refractivity contribution in [2.24, 2.45) is 0 Å². The van der Waals surface area contributed by atoms with Crippen LogP contribution in [-0.2, 0) is 16.6 Å². The number of nitrogens with one attached hydrogen (secondary N) is 1. The van der Waals surface area contributed by atoms with Crippen LogP contribution in [-0.4, -0.2) is 47.7 Å². The standard InChI is InChI=1S/C16H15FN4O5S/c17-11-6-10(2-3-14(11)21-4-1-5-27(21,25)26)7-20-15(22)12-8-19-13(9-18-12)16(23)24/h2-3,6,8-9H,1,4-5,7H2,(H,20,22)(H,23,24). The topological polar surface area (TPSA) is 130 Å². The maximum atomic E-state index is 14.3. The molecule has 1 aliphatic heterocycles. The summed E-state index contributed by atoms with van der Waals surface area (Å²) in [5, 5.41) is 11.3. The van der Waals surface area contributed by atoms with E-state index in [9.17, 15) is 22.4 Å². The Bertz CT molecular complexity index is 994. The van der Waals surface area contributed by atoms with Gasteiger partial charge in [-0.25, -0.2) is 27.6 Å². The molecule has 142 valence electrons. The van der Waals surface area contributed by atoms with Gasteiger partial charge in [0.25, 0.3) is 5.91 Å². The van der Waals surface area contributed by atoms with Gasteiger partial charge in [0.2, 0.25) is 10.0 Å². The van der Waals surface area contributed by atoms with Gasteiger partial charge >= 0.3 is 5.97 Å². The van der Waals surface area contributed by atoms with E-state index in [1.165, 1.54) is 12.1 Å². The molecule has 27 heavy (non-hydrogen) atoms. The van der Waals surface area contributed by atoms with E-state index >= 15 is 0 Å². The van der Waals surface area contributed by atoms with Crippen LogP contribution in [0.25, 0.3) is 0 Å². The van der Waals surface area contributed by atoms with Crippen molar-refractivity contribution >= 4 is 27.6 Å². The Hall–Kier alpha value is -3.08. The summed E-state index contributed by atoms with van der Waals surface area (Å²) < 4.78 is 39.1. The number of carbonyl (C=O) groups is 2. The van der Waals surface area contributed by atoms with E-state index in [-0.39, 0.29) is 35.9 Å². The van der Waals surface area contributed by atoms with Crippen molar-refractivity contribution in [1.29, 1.82) is 0 Å². The first-order valence-corrected chi connectivity index (χ1v) is 9.51. The summed E-state index contributed by atoms with van der Waals surface area (Å²) in [5.74, 6) is -2.57. The molecule has 1 aliphatic rings. The summed E-state index contributed by atoms with van der Waals surface area (Å²) in [7, 11) is -3.48. The third kappa shape index (κ3) is 4.03. The van der Waals surface area contributed by atoms with Crippen LogP contribution in [0.4, 0.5) is 10.1 Å². The number of sulfonamides is 1. The highest BCUT2D eigenvalue weighted by Gasteiger charge is 2.30. The average Bonchev–Trinajstić information content (AvgIpc) is 2.98. The Morgan fingerprint density at radius 2 is 1.93 bits per heavy atom. The quantitative estimate of drug-likeness (QED) is 0.767. The molecule has 0 saturated carbocycles. The molecule has 2 aromatic rings. The molecule has 1 amide bonds. The van der Waals surface area contributed by atoms with Gasteiger partial charge in [0, 0.05) is 13.1 Å². The lowest BCUT2D eigenvalue weighted by atomic mass is 10.2. The molecule has 11 heteroatoms. The first kappa shape index (κ1) is 18.7. The highest BCUT2D eigenvalue weighted by molar-refractivity contribution is 7.93. The molecule has 9 nitrogen and oxygen atoms in total. The highest BCUT2D eigenvalue weighted by atomic mass is 32.2. The van der Waals surface area contributed by atoms with Crippen molar-refractivity contribution in [3.8, 4) is 0 Å². The second kappa shape index (κ2) is 7.27. The van der Waals surface area contributed by atoms with Gasteiger partial charge in [-0.3, -0.25) is 9.10 Å². The number of carboxylic acids is 1. The molecule has 0 unspecified atom stereocenters. The summed E-state index contributed by atoms with van der Waals surface area (Å²) >= 11 is 0. The van der Waals surface area contributed by atoms with E-state index in [2.05, 4.69) is 15.3 Å². The van der Waals surface area contributed by atoms with E-state index in [0.717, 1.165) is 22.8 Å². The Balaban J connectivity index is 1.67. The van der Waals surface area contributed by atoms with Gasteiger partial charge in [-0.15, -0.1) is 0 Å². The minimum atomic E-state index is -3.48. The number of rotatable bonds is 5. The van der Waals surface area contributed by atoms with E-state index in [4.69, 9.17) is 5.11 Å². The number of benzene rings is 1. The Labute approximate surface area is 153 Å². The van der Waals surface area contributed by atoms with E-state index in [1.807, 2.05) is 0 Å². The van der Waals surface area contributed by atoms with Crippen molar-refractivity contribution < 1.29 is 27.5 Å². The molecular formula is C16H15FN4O5S. The SMILES string of the molecule is O=C(O)c1cnc(C(=O)NCc2ccc(N3CCCS3(=O)=O)c(F)c2)cn1. The van der Waals surface area contributed by atoms with Gasteiger partial charge in [-0.05, 0) is 24.1 Å². The van der Waals surface area contributed by atoms with E-state index in [0.29, 0.717) is 12.0 Å². The summed E-state index contributed by atoms with van der Waals surface area (Å²) in [6.07, 6.45) is 2.43. The van der Waals surface area contributed by atoms with Gasteiger partial charge in [-0.2, -0.15) is 0 Å². The lowest BCUT2D eigenvalue weighted by Crippen LogP contribution is -2.26. The summed E-state index contributed by atoms with van der Waals surface area (Å²) in [4.78, 5) is 30.0. The molecule has 1 saturated heterocycles. The van der Waals surface area contributed by atoms with E-state index in [1.54, 1.807) is 0 Å². The summed E-state index contributed by atoms with van der Waals surface area (Å²) in [6, 6.07) is 4.04. The monoisotopic (exact) mass is 394 g/mol. The molecule has 2 heterocycles. The molecule has 1 aromatic heterocycles. The van der Waals surface area contributed by atoms with Gasteiger partial charge < -0.3 is 10.4 Å². The van der Waals surface area contributed by atoms with Crippen molar-refractivity contribution in [3.63, 3.8) is 0 Å². The number of nitrogens with zero attached hydrogens (tertiary/aromatic N) is 3. The Kier molecular flexibility index (Phi) is 5.04. The molecule has 0 bridgehead atoms. The maximum Gasteiger partial charge on any atom is 0.356 e. The second-order valence-corrected chi connectivity index (χ2v) is 7.82. The fourth-order valence-corrected chi connectivity index (χ4v) is 4.17. The second-order valence-electron chi connectivity index (χ2n) is 5.80. The van der Waals surface area contributed by atoms with Crippen LogP contribution in [0.5, 0.6) is 0 Å².